The van der Waals surface area contributed by atoms with Crippen LogP contribution in [-0.2, 0) is 13.2 Å². The Bertz CT molecular complexity index is 604. The van der Waals surface area contributed by atoms with E-state index in [1.165, 1.54) is 13.2 Å². The quantitative estimate of drug-likeness (QED) is 0.880. The third kappa shape index (κ3) is 2.67. The summed E-state index contributed by atoms with van der Waals surface area (Å²) in [4.78, 5) is 4.03. The van der Waals surface area contributed by atoms with Crippen LogP contribution in [0.5, 0.6) is 0 Å². The molecule has 7 heteroatoms. The highest BCUT2D eigenvalue weighted by Crippen LogP contribution is 2.36. The second-order valence-corrected chi connectivity index (χ2v) is 4.35. The minimum absolute atomic E-state index is 0.186. The van der Waals surface area contributed by atoms with Gasteiger partial charge in [-0.25, -0.2) is 9.37 Å². The molecule has 0 spiro atoms. The van der Waals surface area contributed by atoms with E-state index in [0.717, 1.165) is 18.2 Å². The zero-order valence-electron chi connectivity index (χ0n) is 10.9. The second kappa shape index (κ2) is 5.24. The van der Waals surface area contributed by atoms with Crippen molar-refractivity contribution in [3.05, 3.63) is 53.4 Å². The van der Waals surface area contributed by atoms with Crippen LogP contribution < -0.4 is 5.32 Å². The number of aromatic nitrogens is 2. The zero-order chi connectivity index (χ0) is 14.9. The zero-order valence-corrected chi connectivity index (χ0v) is 10.9. The van der Waals surface area contributed by atoms with Gasteiger partial charge in [-0.05, 0) is 30.8 Å². The van der Waals surface area contributed by atoms with Crippen molar-refractivity contribution in [1.29, 1.82) is 0 Å². The summed E-state index contributed by atoms with van der Waals surface area (Å²) in [6.45, 7) is 0. The monoisotopic (exact) mass is 287 g/mol. The van der Waals surface area contributed by atoms with Crippen molar-refractivity contribution in [3.63, 3.8) is 0 Å². The fourth-order valence-electron chi connectivity index (χ4n) is 2.11. The van der Waals surface area contributed by atoms with Gasteiger partial charge in [-0.1, -0.05) is 0 Å². The molecule has 0 saturated heterocycles. The van der Waals surface area contributed by atoms with Crippen molar-refractivity contribution in [1.82, 2.24) is 14.9 Å². The topological polar surface area (TPSA) is 29.9 Å². The van der Waals surface area contributed by atoms with Gasteiger partial charge in [-0.3, -0.25) is 0 Å². The fourth-order valence-corrected chi connectivity index (χ4v) is 2.11. The first-order valence-electron chi connectivity index (χ1n) is 5.85. The molecule has 0 radical (unpaired) electrons. The Hall–Kier alpha value is -1.89. The van der Waals surface area contributed by atoms with E-state index in [2.05, 4.69) is 10.3 Å². The molecule has 0 fully saturated rings. The number of halogens is 4. The summed E-state index contributed by atoms with van der Waals surface area (Å²) in [7, 11) is 3.17. The first kappa shape index (κ1) is 14.5. The first-order chi connectivity index (χ1) is 9.34. The largest absolute Gasteiger partial charge is 0.416 e. The lowest BCUT2D eigenvalue weighted by Gasteiger charge is -2.21. The van der Waals surface area contributed by atoms with Gasteiger partial charge in [0.05, 0.1) is 11.6 Å². The number of nitrogens with zero attached hydrogens (tertiary/aromatic N) is 2. The highest BCUT2D eigenvalue weighted by molar-refractivity contribution is 5.36. The fraction of sp³-hybridized carbons (Fsp3) is 0.308. The molecule has 3 nitrogen and oxygen atoms in total. The van der Waals surface area contributed by atoms with E-state index in [1.807, 2.05) is 0 Å². The van der Waals surface area contributed by atoms with Gasteiger partial charge in [-0.15, -0.1) is 0 Å². The normalized spacial score (nSPS) is 13.5. The van der Waals surface area contributed by atoms with Crippen molar-refractivity contribution >= 4 is 0 Å². The second-order valence-electron chi connectivity index (χ2n) is 4.35. The number of aryl methyl sites for hydroxylation is 1. The standard InChI is InChI=1S/C13H13F4N3/c1-18-11(12-19-5-6-20(12)2)9-7-8(14)3-4-10(9)13(15,16)17/h3-7,11,18H,1-2H3. The minimum Gasteiger partial charge on any atom is -0.336 e. The lowest BCUT2D eigenvalue weighted by Crippen LogP contribution is -2.24. The van der Waals surface area contributed by atoms with Crippen LogP contribution >= 0.6 is 0 Å². The van der Waals surface area contributed by atoms with E-state index in [9.17, 15) is 17.6 Å². The molecule has 1 aromatic heterocycles. The van der Waals surface area contributed by atoms with Gasteiger partial charge in [0.2, 0.25) is 0 Å². The van der Waals surface area contributed by atoms with E-state index in [1.54, 1.807) is 17.8 Å². The molecule has 0 amide bonds. The Labute approximate surface area is 113 Å². The smallest absolute Gasteiger partial charge is 0.336 e. The number of alkyl halides is 3. The summed E-state index contributed by atoms with van der Waals surface area (Å²) in [5.41, 5.74) is -1.06. The summed E-state index contributed by atoms with van der Waals surface area (Å²) in [5, 5.41) is 2.75. The lowest BCUT2D eigenvalue weighted by atomic mass is 9.99. The van der Waals surface area contributed by atoms with E-state index in [4.69, 9.17) is 0 Å². The third-order valence-corrected chi connectivity index (χ3v) is 3.04. The SMILES string of the molecule is CNC(c1cc(F)ccc1C(F)(F)F)c1nccn1C. The molecule has 0 aliphatic rings. The third-order valence-electron chi connectivity index (χ3n) is 3.04. The average Bonchev–Trinajstić information content (AvgIpc) is 2.75. The molecule has 0 bridgehead atoms. The number of rotatable bonds is 3. The number of hydrogen-bond acceptors (Lipinski definition) is 2. The molecule has 2 aromatic rings. The van der Waals surface area contributed by atoms with Gasteiger partial charge in [0.1, 0.15) is 11.6 Å². The van der Waals surface area contributed by atoms with Gasteiger partial charge in [0.15, 0.2) is 0 Å². The highest BCUT2D eigenvalue weighted by Gasteiger charge is 2.36. The molecule has 108 valence electrons. The number of imidazole rings is 1. The molecular formula is C13H13F4N3. The Kier molecular flexibility index (Phi) is 3.80. The van der Waals surface area contributed by atoms with Gasteiger partial charge in [-0.2, -0.15) is 13.2 Å². The minimum atomic E-state index is -4.55. The summed E-state index contributed by atoms with van der Waals surface area (Å²) in [6.07, 6.45) is -1.46. The van der Waals surface area contributed by atoms with Gasteiger partial charge in [0.25, 0.3) is 0 Å². The van der Waals surface area contributed by atoms with Gasteiger partial charge >= 0.3 is 6.18 Å². The van der Waals surface area contributed by atoms with Crippen molar-refractivity contribution in [3.8, 4) is 0 Å². The molecular weight excluding hydrogens is 274 g/mol. The number of benzene rings is 1. The van der Waals surface area contributed by atoms with Crippen LogP contribution in [0, 0.1) is 5.82 Å². The Balaban J connectivity index is 2.60. The van der Waals surface area contributed by atoms with Crippen molar-refractivity contribution in [2.75, 3.05) is 7.05 Å². The van der Waals surface area contributed by atoms with E-state index in [0.29, 0.717) is 5.82 Å². The molecule has 2 rings (SSSR count). The Morgan fingerprint density at radius 2 is 2.00 bits per heavy atom. The van der Waals surface area contributed by atoms with E-state index >= 15 is 0 Å². The maximum absolute atomic E-state index is 13.4. The molecule has 0 aliphatic heterocycles. The molecule has 1 N–H and O–H groups in total. The van der Waals surface area contributed by atoms with Crippen LogP contribution in [0.15, 0.2) is 30.6 Å². The summed E-state index contributed by atoms with van der Waals surface area (Å²) in [5.74, 6) is -0.342. The van der Waals surface area contributed by atoms with Crippen molar-refractivity contribution in [2.24, 2.45) is 7.05 Å². The maximum Gasteiger partial charge on any atom is 0.416 e. The average molecular weight is 287 g/mol. The summed E-state index contributed by atoms with van der Waals surface area (Å²) in [6, 6.07) is 1.59. The van der Waals surface area contributed by atoms with Crippen LogP contribution in [0.25, 0.3) is 0 Å². The van der Waals surface area contributed by atoms with E-state index < -0.39 is 23.6 Å². The van der Waals surface area contributed by atoms with E-state index in [-0.39, 0.29) is 5.56 Å². The molecule has 0 aliphatic carbocycles. The predicted molar refractivity (Wildman–Crippen MR) is 65.5 cm³/mol. The molecule has 20 heavy (non-hydrogen) atoms. The number of hydrogen-bond donors (Lipinski definition) is 1. The Morgan fingerprint density at radius 1 is 1.30 bits per heavy atom. The summed E-state index contributed by atoms with van der Waals surface area (Å²) >= 11 is 0. The number of nitrogens with one attached hydrogen (secondary N) is 1. The van der Waals surface area contributed by atoms with Gasteiger partial charge in [0, 0.05) is 19.4 Å². The van der Waals surface area contributed by atoms with Gasteiger partial charge < -0.3 is 9.88 Å². The Morgan fingerprint density at radius 3 is 2.50 bits per heavy atom. The van der Waals surface area contributed by atoms with Crippen LogP contribution in [-0.4, -0.2) is 16.6 Å². The van der Waals surface area contributed by atoms with Crippen molar-refractivity contribution < 1.29 is 17.6 Å². The summed E-state index contributed by atoms with van der Waals surface area (Å²) < 4.78 is 54.1. The van der Waals surface area contributed by atoms with Crippen LogP contribution in [0.3, 0.4) is 0 Å². The van der Waals surface area contributed by atoms with Crippen molar-refractivity contribution in [2.45, 2.75) is 12.2 Å². The van der Waals surface area contributed by atoms with Crippen LogP contribution in [0.1, 0.15) is 23.0 Å². The molecule has 1 aromatic carbocycles. The first-order valence-corrected chi connectivity index (χ1v) is 5.85. The highest BCUT2D eigenvalue weighted by atomic mass is 19.4. The maximum atomic E-state index is 13.4. The van der Waals surface area contributed by atoms with Crippen LogP contribution in [0.2, 0.25) is 0 Å². The molecule has 1 atom stereocenters. The molecule has 1 heterocycles. The molecule has 0 saturated carbocycles. The lowest BCUT2D eigenvalue weighted by molar-refractivity contribution is -0.138. The van der Waals surface area contributed by atoms with Crippen LogP contribution in [0.4, 0.5) is 17.6 Å². The predicted octanol–water partition coefficient (Wildman–Crippen LogP) is 2.89. The molecule has 1 unspecified atom stereocenters.